The fourth-order valence-electron chi connectivity index (χ4n) is 2.64. The molecule has 106 valence electrons. The maximum atomic E-state index is 11.9. The van der Waals surface area contributed by atoms with Gasteiger partial charge in [0.05, 0.1) is 11.5 Å². The summed E-state index contributed by atoms with van der Waals surface area (Å²) in [6.45, 7) is 4.72. The van der Waals surface area contributed by atoms with Gasteiger partial charge in [0.1, 0.15) is 0 Å². The lowest BCUT2D eigenvalue weighted by atomic mass is 10.1. The molecule has 1 N–H and O–H groups in total. The van der Waals surface area contributed by atoms with E-state index in [1.54, 1.807) is 0 Å². The van der Waals surface area contributed by atoms with Crippen LogP contribution >= 0.6 is 0 Å². The van der Waals surface area contributed by atoms with E-state index >= 15 is 0 Å². The van der Waals surface area contributed by atoms with Crippen molar-refractivity contribution in [3.8, 4) is 0 Å². The number of hydrogen-bond acceptors (Lipinski definition) is 3. The second-order valence-corrected chi connectivity index (χ2v) is 8.51. The van der Waals surface area contributed by atoms with Crippen molar-refractivity contribution in [3.63, 3.8) is 0 Å². The predicted octanol–water partition coefficient (Wildman–Crippen LogP) is 2.23. The second kappa shape index (κ2) is 5.91. The molecule has 2 aliphatic carbocycles. The molecule has 2 aliphatic rings. The topological polar surface area (TPSA) is 46.2 Å². The van der Waals surface area contributed by atoms with Crippen LogP contribution in [0.2, 0.25) is 0 Å². The first-order valence-electron chi connectivity index (χ1n) is 7.45. The lowest BCUT2D eigenvalue weighted by Gasteiger charge is -2.18. The van der Waals surface area contributed by atoms with E-state index in [2.05, 4.69) is 12.2 Å². The van der Waals surface area contributed by atoms with Gasteiger partial charge in [0.25, 0.3) is 0 Å². The van der Waals surface area contributed by atoms with Crippen molar-refractivity contribution in [3.05, 3.63) is 0 Å². The highest BCUT2D eigenvalue weighted by atomic mass is 32.2. The summed E-state index contributed by atoms with van der Waals surface area (Å²) < 4.78 is 23.8. The lowest BCUT2D eigenvalue weighted by molar-refractivity contribution is 0.427. The van der Waals surface area contributed by atoms with Gasteiger partial charge in [0.15, 0.2) is 9.84 Å². The molecule has 0 spiro atoms. The SMILES string of the molecule is CCC(C)CS(=O)(=O)CCNC(C1CC1)C1CC1. The minimum atomic E-state index is -2.86. The normalized spacial score (nSPS) is 22.4. The molecular formula is C14H27NO2S. The van der Waals surface area contributed by atoms with E-state index < -0.39 is 9.84 Å². The molecule has 0 heterocycles. The zero-order chi connectivity index (χ0) is 13.2. The minimum Gasteiger partial charge on any atom is -0.312 e. The fraction of sp³-hybridized carbons (Fsp3) is 1.00. The van der Waals surface area contributed by atoms with Gasteiger partial charge in [-0.2, -0.15) is 0 Å². The van der Waals surface area contributed by atoms with Crippen LogP contribution in [0.25, 0.3) is 0 Å². The van der Waals surface area contributed by atoms with Crippen molar-refractivity contribution in [2.75, 3.05) is 18.1 Å². The third-order valence-electron chi connectivity index (χ3n) is 4.29. The van der Waals surface area contributed by atoms with E-state index in [1.807, 2.05) is 6.92 Å². The molecule has 0 aliphatic heterocycles. The molecule has 0 radical (unpaired) electrons. The Morgan fingerprint density at radius 3 is 2.17 bits per heavy atom. The number of hydrogen-bond donors (Lipinski definition) is 1. The first-order valence-corrected chi connectivity index (χ1v) is 9.27. The van der Waals surface area contributed by atoms with Crippen LogP contribution in [-0.2, 0) is 9.84 Å². The van der Waals surface area contributed by atoms with Crippen molar-refractivity contribution in [1.82, 2.24) is 5.32 Å². The quantitative estimate of drug-likeness (QED) is 0.701. The van der Waals surface area contributed by atoms with E-state index in [0.29, 0.717) is 24.1 Å². The molecule has 0 aromatic rings. The fourth-order valence-corrected chi connectivity index (χ4v) is 4.34. The van der Waals surface area contributed by atoms with Crippen molar-refractivity contribution in [1.29, 1.82) is 0 Å². The molecule has 3 nitrogen and oxygen atoms in total. The smallest absolute Gasteiger partial charge is 0.151 e. The molecular weight excluding hydrogens is 246 g/mol. The van der Waals surface area contributed by atoms with Crippen LogP contribution in [0.4, 0.5) is 0 Å². The molecule has 0 aromatic carbocycles. The van der Waals surface area contributed by atoms with Gasteiger partial charge in [0, 0.05) is 12.6 Å². The first kappa shape index (κ1) is 14.3. The maximum Gasteiger partial charge on any atom is 0.151 e. The average molecular weight is 273 g/mol. The van der Waals surface area contributed by atoms with Crippen molar-refractivity contribution in [2.24, 2.45) is 17.8 Å². The highest BCUT2D eigenvalue weighted by Crippen LogP contribution is 2.44. The molecule has 1 atom stereocenters. The van der Waals surface area contributed by atoms with Gasteiger partial charge < -0.3 is 5.32 Å². The van der Waals surface area contributed by atoms with Crippen LogP contribution in [0, 0.1) is 17.8 Å². The summed E-state index contributed by atoms with van der Waals surface area (Å²) >= 11 is 0. The third kappa shape index (κ3) is 4.54. The van der Waals surface area contributed by atoms with Crippen LogP contribution in [0.3, 0.4) is 0 Å². The van der Waals surface area contributed by atoms with Crippen LogP contribution < -0.4 is 5.32 Å². The van der Waals surface area contributed by atoms with Crippen molar-refractivity contribution >= 4 is 9.84 Å². The third-order valence-corrected chi connectivity index (χ3v) is 6.19. The van der Waals surface area contributed by atoms with Gasteiger partial charge in [-0.3, -0.25) is 0 Å². The zero-order valence-corrected chi connectivity index (χ0v) is 12.5. The highest BCUT2D eigenvalue weighted by molar-refractivity contribution is 7.91. The van der Waals surface area contributed by atoms with Gasteiger partial charge in [-0.1, -0.05) is 20.3 Å². The average Bonchev–Trinajstić information content (AvgIpc) is 3.15. The Labute approximate surface area is 112 Å². The zero-order valence-electron chi connectivity index (χ0n) is 11.7. The summed E-state index contributed by atoms with van der Waals surface area (Å²) in [4.78, 5) is 0. The Morgan fingerprint density at radius 1 is 1.17 bits per heavy atom. The minimum absolute atomic E-state index is 0.290. The molecule has 2 rings (SSSR count). The summed E-state index contributed by atoms with van der Waals surface area (Å²) in [5.74, 6) is 2.64. The van der Waals surface area contributed by atoms with Gasteiger partial charge in [0.2, 0.25) is 0 Å². The first-order chi connectivity index (χ1) is 8.52. The Kier molecular flexibility index (Phi) is 4.70. The Bertz CT molecular complexity index is 346. The van der Waals surface area contributed by atoms with Gasteiger partial charge in [-0.05, 0) is 43.4 Å². The van der Waals surface area contributed by atoms with Crippen LogP contribution in [0.1, 0.15) is 46.0 Å². The van der Waals surface area contributed by atoms with Gasteiger partial charge >= 0.3 is 0 Å². The van der Waals surface area contributed by atoms with E-state index in [-0.39, 0.29) is 5.92 Å². The molecule has 0 bridgehead atoms. The van der Waals surface area contributed by atoms with Crippen LogP contribution in [0.15, 0.2) is 0 Å². The molecule has 2 saturated carbocycles. The molecule has 0 aromatic heterocycles. The monoisotopic (exact) mass is 273 g/mol. The summed E-state index contributed by atoms with van der Waals surface area (Å²) in [7, 11) is -2.86. The summed E-state index contributed by atoms with van der Waals surface area (Å²) in [6, 6.07) is 0.615. The van der Waals surface area contributed by atoms with E-state index in [0.717, 1.165) is 18.3 Å². The van der Waals surface area contributed by atoms with E-state index in [9.17, 15) is 8.42 Å². The van der Waals surface area contributed by atoms with Crippen LogP contribution in [0.5, 0.6) is 0 Å². The molecule has 4 heteroatoms. The standard InChI is InChI=1S/C14H27NO2S/c1-3-11(2)10-18(16,17)9-8-15-14(12-4-5-12)13-6-7-13/h11-15H,3-10H2,1-2H3. The predicted molar refractivity (Wildman–Crippen MR) is 75.3 cm³/mol. The van der Waals surface area contributed by atoms with E-state index in [1.165, 1.54) is 25.7 Å². The van der Waals surface area contributed by atoms with Crippen molar-refractivity contribution in [2.45, 2.75) is 52.0 Å². The van der Waals surface area contributed by atoms with Crippen molar-refractivity contribution < 1.29 is 8.42 Å². The molecule has 1 unspecified atom stereocenters. The highest BCUT2D eigenvalue weighted by Gasteiger charge is 2.40. The molecule has 18 heavy (non-hydrogen) atoms. The molecule has 0 amide bonds. The Morgan fingerprint density at radius 2 is 1.72 bits per heavy atom. The van der Waals surface area contributed by atoms with Crippen LogP contribution in [-0.4, -0.2) is 32.5 Å². The largest absolute Gasteiger partial charge is 0.312 e. The van der Waals surface area contributed by atoms with Gasteiger partial charge in [-0.15, -0.1) is 0 Å². The number of nitrogens with one attached hydrogen (secondary N) is 1. The number of sulfone groups is 1. The molecule has 0 saturated heterocycles. The Balaban J connectivity index is 1.70. The summed E-state index contributed by atoms with van der Waals surface area (Å²) in [6.07, 6.45) is 6.31. The maximum absolute atomic E-state index is 11.9. The second-order valence-electron chi connectivity index (χ2n) is 6.28. The lowest BCUT2D eigenvalue weighted by Crippen LogP contribution is -2.37. The Hall–Kier alpha value is -0.0900. The number of rotatable bonds is 9. The van der Waals surface area contributed by atoms with E-state index in [4.69, 9.17) is 0 Å². The molecule has 2 fully saturated rings. The summed E-state index contributed by atoms with van der Waals surface area (Å²) in [5.41, 5.74) is 0. The summed E-state index contributed by atoms with van der Waals surface area (Å²) in [5, 5.41) is 3.51. The van der Waals surface area contributed by atoms with Gasteiger partial charge in [-0.25, -0.2) is 8.42 Å².